The van der Waals surface area contributed by atoms with Crippen LogP contribution in [0.1, 0.15) is 13.8 Å². The minimum atomic E-state index is -2.79. The standard InChI is InChI=1S/C15H17O2P.C15H16O2P.Li/c2*1-13(16)12-18(17,14-8-4-2-5-9-14)15-10-6-3-7-11-15;/h2-11,13,16H,12H2,1H3;2-11,13H,12H2,1H3;/q;-1;+1. The summed E-state index contributed by atoms with van der Waals surface area (Å²) in [5.41, 5.74) is 0. The Hall–Kier alpha value is -2.14. The molecule has 7 heteroatoms. The summed E-state index contributed by atoms with van der Waals surface area (Å²) in [5, 5.41) is 24.3. The first-order chi connectivity index (χ1) is 17.3. The van der Waals surface area contributed by atoms with E-state index >= 15 is 0 Å². The van der Waals surface area contributed by atoms with Crippen LogP contribution in [0.5, 0.6) is 0 Å². The maximum absolute atomic E-state index is 13.3. The third-order valence-electron chi connectivity index (χ3n) is 5.73. The van der Waals surface area contributed by atoms with Crippen LogP contribution in [0.4, 0.5) is 0 Å². The van der Waals surface area contributed by atoms with Crippen molar-refractivity contribution in [3.63, 3.8) is 0 Å². The molecule has 1 N–H and O–H groups in total. The van der Waals surface area contributed by atoms with Crippen molar-refractivity contribution in [3.05, 3.63) is 121 Å². The monoisotopic (exact) mass is 526 g/mol. The fraction of sp³-hybridized carbons (Fsp3) is 0.200. The summed E-state index contributed by atoms with van der Waals surface area (Å²) in [6, 6.07) is 37.4. The van der Waals surface area contributed by atoms with Crippen molar-refractivity contribution in [1.82, 2.24) is 0 Å². The SMILES string of the molecule is CC(O)CP(=O)(c1ccccc1)c1ccccc1.CC([O-])CP(=O)(c1ccccc1)c1ccccc1.[Li+]. The Morgan fingerprint density at radius 1 is 0.568 bits per heavy atom. The van der Waals surface area contributed by atoms with Gasteiger partial charge in [-0.05, 0) is 13.1 Å². The van der Waals surface area contributed by atoms with E-state index in [1.54, 1.807) is 13.8 Å². The van der Waals surface area contributed by atoms with E-state index in [9.17, 15) is 19.3 Å². The summed E-state index contributed by atoms with van der Waals surface area (Å²) in [4.78, 5) is 0. The van der Waals surface area contributed by atoms with E-state index in [0.717, 1.165) is 21.2 Å². The number of benzene rings is 4. The van der Waals surface area contributed by atoms with Gasteiger partial charge in [-0.25, -0.2) is 0 Å². The van der Waals surface area contributed by atoms with E-state index < -0.39 is 26.5 Å². The summed E-state index contributed by atoms with van der Waals surface area (Å²) in [6.45, 7) is 3.25. The second kappa shape index (κ2) is 14.7. The summed E-state index contributed by atoms with van der Waals surface area (Å²) in [5.74, 6) is 0. The zero-order valence-electron chi connectivity index (χ0n) is 21.7. The van der Waals surface area contributed by atoms with Crippen LogP contribution in [0.2, 0.25) is 0 Å². The van der Waals surface area contributed by atoms with Crippen molar-refractivity contribution in [3.8, 4) is 0 Å². The molecule has 4 aromatic carbocycles. The molecule has 0 aliphatic carbocycles. The Morgan fingerprint density at radius 3 is 1.03 bits per heavy atom. The van der Waals surface area contributed by atoms with Crippen LogP contribution in [-0.4, -0.2) is 29.6 Å². The van der Waals surface area contributed by atoms with Crippen LogP contribution >= 0.6 is 14.3 Å². The third-order valence-corrected chi connectivity index (χ3v) is 12.3. The van der Waals surface area contributed by atoms with Gasteiger partial charge in [0.25, 0.3) is 0 Å². The van der Waals surface area contributed by atoms with E-state index in [0.29, 0.717) is 0 Å². The Morgan fingerprint density at radius 2 is 0.811 bits per heavy atom. The topological polar surface area (TPSA) is 77.4 Å². The molecule has 0 aliphatic rings. The molecule has 37 heavy (non-hydrogen) atoms. The number of rotatable bonds is 8. The summed E-state index contributed by atoms with van der Waals surface area (Å²) < 4.78 is 26.5. The molecule has 2 unspecified atom stereocenters. The first-order valence-electron chi connectivity index (χ1n) is 12.0. The van der Waals surface area contributed by atoms with Gasteiger partial charge in [-0.1, -0.05) is 128 Å². The molecule has 0 amide bonds. The Bertz CT molecular complexity index is 1090. The van der Waals surface area contributed by atoms with Gasteiger partial charge in [0.05, 0.1) is 6.10 Å². The fourth-order valence-electron chi connectivity index (χ4n) is 4.13. The Kier molecular flexibility index (Phi) is 12.4. The number of hydrogen-bond acceptors (Lipinski definition) is 4. The second-order valence-corrected chi connectivity index (χ2v) is 14.6. The van der Waals surface area contributed by atoms with E-state index in [1.807, 2.05) is 121 Å². The molecule has 0 saturated carbocycles. The molecule has 0 bridgehead atoms. The largest absolute Gasteiger partial charge is 1.00 e. The molecule has 0 radical (unpaired) electrons. The molecule has 2 atom stereocenters. The Balaban J connectivity index is 0.000000253. The van der Waals surface area contributed by atoms with Gasteiger partial charge in [-0.15, -0.1) is 6.10 Å². The van der Waals surface area contributed by atoms with Gasteiger partial charge >= 0.3 is 18.9 Å². The van der Waals surface area contributed by atoms with Gasteiger partial charge in [0.15, 0.2) is 0 Å². The first kappa shape index (κ1) is 31.1. The van der Waals surface area contributed by atoms with Gasteiger partial charge in [0.2, 0.25) is 0 Å². The van der Waals surface area contributed by atoms with Crippen LogP contribution in [0.25, 0.3) is 0 Å². The molecule has 0 spiro atoms. The molecular formula is C30H33LiO4P2. The maximum atomic E-state index is 13.3. The van der Waals surface area contributed by atoms with E-state index in [4.69, 9.17) is 0 Å². The molecule has 0 saturated heterocycles. The van der Waals surface area contributed by atoms with E-state index in [-0.39, 0.29) is 31.2 Å². The van der Waals surface area contributed by atoms with Crippen LogP contribution in [0, 0.1) is 0 Å². The van der Waals surface area contributed by atoms with Crippen molar-refractivity contribution in [1.29, 1.82) is 0 Å². The van der Waals surface area contributed by atoms with Gasteiger partial charge in [0.1, 0.15) is 14.3 Å². The quantitative estimate of drug-likeness (QED) is 0.276. The van der Waals surface area contributed by atoms with Crippen molar-refractivity contribution in [2.24, 2.45) is 0 Å². The van der Waals surface area contributed by atoms with Crippen molar-refractivity contribution in [2.75, 3.05) is 12.3 Å². The molecule has 188 valence electrons. The predicted molar refractivity (Wildman–Crippen MR) is 150 cm³/mol. The molecule has 0 heterocycles. The second-order valence-electron chi connectivity index (χ2n) is 8.85. The van der Waals surface area contributed by atoms with Gasteiger partial charge in [-0.3, -0.25) is 0 Å². The molecule has 0 aliphatic heterocycles. The van der Waals surface area contributed by atoms with Crippen molar-refractivity contribution < 1.29 is 38.2 Å². The average Bonchev–Trinajstić information content (AvgIpc) is 2.90. The predicted octanol–water partition coefficient (Wildman–Crippen LogP) is 1.13. The van der Waals surface area contributed by atoms with Crippen LogP contribution in [-0.2, 0) is 9.13 Å². The van der Waals surface area contributed by atoms with Gasteiger partial charge < -0.3 is 19.3 Å². The van der Waals surface area contributed by atoms with Crippen molar-refractivity contribution in [2.45, 2.75) is 26.1 Å². The Labute approximate surface area is 232 Å². The minimum Gasteiger partial charge on any atom is -0.852 e. The van der Waals surface area contributed by atoms with Gasteiger partial charge in [0, 0.05) is 27.4 Å². The third kappa shape index (κ3) is 8.43. The fourth-order valence-corrected chi connectivity index (χ4v) is 9.65. The zero-order valence-corrected chi connectivity index (χ0v) is 23.5. The summed E-state index contributed by atoms with van der Waals surface area (Å²) in [6.07, 6.45) is -0.977. The molecule has 4 rings (SSSR count). The number of aliphatic hydroxyl groups excluding tert-OH is 1. The normalized spacial score (nSPS) is 12.9. The summed E-state index contributed by atoms with van der Waals surface area (Å²) in [7, 11) is -5.52. The van der Waals surface area contributed by atoms with Crippen LogP contribution in [0.3, 0.4) is 0 Å². The molecule has 0 aromatic heterocycles. The van der Waals surface area contributed by atoms with E-state index in [2.05, 4.69) is 0 Å². The van der Waals surface area contributed by atoms with E-state index in [1.165, 1.54) is 0 Å². The number of hydrogen-bond donors (Lipinski definition) is 1. The molecule has 4 nitrogen and oxygen atoms in total. The summed E-state index contributed by atoms with van der Waals surface area (Å²) >= 11 is 0. The minimum absolute atomic E-state index is 0. The van der Waals surface area contributed by atoms with Crippen LogP contribution in [0.15, 0.2) is 121 Å². The van der Waals surface area contributed by atoms with Crippen LogP contribution < -0.4 is 45.2 Å². The number of aliphatic hydroxyl groups is 1. The molecule has 4 aromatic rings. The molecular weight excluding hydrogens is 493 g/mol. The van der Waals surface area contributed by atoms with Crippen molar-refractivity contribution >= 4 is 35.5 Å². The smallest absolute Gasteiger partial charge is 0.852 e. The zero-order chi connectivity index (χ0) is 26.0. The average molecular weight is 526 g/mol. The molecule has 0 fully saturated rings. The first-order valence-corrected chi connectivity index (χ1v) is 15.8. The van der Waals surface area contributed by atoms with Gasteiger partial charge in [-0.2, -0.15) is 0 Å². The maximum Gasteiger partial charge on any atom is 1.00 e.